The lowest BCUT2D eigenvalue weighted by molar-refractivity contribution is 0.279. The van der Waals surface area contributed by atoms with E-state index in [0.29, 0.717) is 12.0 Å². The van der Waals surface area contributed by atoms with Gasteiger partial charge in [-0.3, -0.25) is 0 Å². The summed E-state index contributed by atoms with van der Waals surface area (Å²) < 4.78 is 12.2. The Morgan fingerprint density at radius 3 is 1.72 bits per heavy atom. The standard InChI is InChI=1S/C55H50BN3O/c1-33-23-26-43(33)58-47-27-24-34(54(2,3)4)29-41(47)56-42-30-35(55(5,6)7)25-28-50(42)60-51-32-36(31-49(58)52(51)56)57-44-19-11-10-17-39(44)40-18-14-22-48(53(40)57)59-45-20-12-8-15-37(45)38-16-9-13-21-46(38)59/h8-22,24-25,27-33,43H,23,26H2,1-7H3/t33-,43?/m1/s1. The van der Waals surface area contributed by atoms with E-state index in [1.165, 1.54) is 95.3 Å². The van der Waals surface area contributed by atoms with Crippen LogP contribution in [0.3, 0.4) is 0 Å². The smallest absolute Gasteiger partial charge is 0.256 e. The SMILES string of the molecule is C[C@@H]1CCC1N1c2ccc(C(C)(C)C)cc2B2c3cc(C(C)(C)C)ccc3Oc3cc(-n4c5ccccc5c5cccc(-n6c7ccccc7c7ccccc76)c54)cc1c32. The molecule has 2 aliphatic heterocycles. The fourth-order valence-electron chi connectivity index (χ4n) is 10.9. The molecule has 0 radical (unpaired) electrons. The summed E-state index contributed by atoms with van der Waals surface area (Å²) in [6.45, 7) is 16.4. The predicted molar refractivity (Wildman–Crippen MR) is 254 cm³/mol. The van der Waals surface area contributed by atoms with Gasteiger partial charge in [-0.2, -0.15) is 0 Å². The van der Waals surface area contributed by atoms with Crippen molar-refractivity contribution >= 4 is 78.1 Å². The minimum atomic E-state index is 0.00472. The summed E-state index contributed by atoms with van der Waals surface area (Å²) in [5.74, 6) is 2.48. The molecular formula is C55H50BN3O. The van der Waals surface area contributed by atoms with E-state index >= 15 is 0 Å². The first-order valence-electron chi connectivity index (χ1n) is 21.9. The summed E-state index contributed by atoms with van der Waals surface area (Å²) in [5, 5.41) is 5.00. The fraction of sp³-hybridized carbons (Fsp3) is 0.236. The number of hydrogen-bond donors (Lipinski definition) is 0. The summed E-state index contributed by atoms with van der Waals surface area (Å²) in [6.07, 6.45) is 2.41. The molecule has 0 spiro atoms. The Morgan fingerprint density at radius 2 is 1.10 bits per heavy atom. The second kappa shape index (κ2) is 12.4. The van der Waals surface area contributed by atoms with Gasteiger partial charge in [0.1, 0.15) is 11.5 Å². The van der Waals surface area contributed by atoms with Crippen LogP contribution < -0.4 is 26.0 Å². The number of anilines is 2. The van der Waals surface area contributed by atoms with Gasteiger partial charge in [-0.05, 0) is 99.6 Å². The molecule has 1 unspecified atom stereocenters. The van der Waals surface area contributed by atoms with Gasteiger partial charge < -0.3 is 18.8 Å². The van der Waals surface area contributed by atoms with E-state index in [1.54, 1.807) is 0 Å². The van der Waals surface area contributed by atoms with Gasteiger partial charge >= 0.3 is 0 Å². The zero-order valence-corrected chi connectivity index (χ0v) is 35.7. The Labute approximate surface area is 353 Å². The van der Waals surface area contributed by atoms with Gasteiger partial charge in [-0.25, -0.2) is 0 Å². The molecule has 1 saturated carbocycles. The zero-order valence-electron chi connectivity index (χ0n) is 35.7. The zero-order chi connectivity index (χ0) is 40.8. The molecule has 4 nitrogen and oxygen atoms in total. The summed E-state index contributed by atoms with van der Waals surface area (Å²) in [5.41, 5.74) is 16.3. The lowest BCUT2D eigenvalue weighted by Crippen LogP contribution is -2.62. The van der Waals surface area contributed by atoms with Crippen molar-refractivity contribution in [2.75, 3.05) is 4.90 Å². The van der Waals surface area contributed by atoms with E-state index in [2.05, 4.69) is 202 Å². The summed E-state index contributed by atoms with van der Waals surface area (Å²) in [7, 11) is 0. The Hall–Kier alpha value is -6.20. The van der Waals surface area contributed by atoms with Crippen LogP contribution in [0.15, 0.2) is 140 Å². The highest BCUT2D eigenvalue weighted by Crippen LogP contribution is 2.47. The van der Waals surface area contributed by atoms with Crippen LogP contribution in [-0.2, 0) is 10.8 Å². The van der Waals surface area contributed by atoms with Crippen LogP contribution in [-0.4, -0.2) is 21.9 Å². The lowest BCUT2D eigenvalue weighted by atomic mass is 9.33. The van der Waals surface area contributed by atoms with Gasteiger partial charge in [0.25, 0.3) is 6.71 Å². The number of hydrogen-bond acceptors (Lipinski definition) is 2. The van der Waals surface area contributed by atoms with E-state index in [4.69, 9.17) is 4.74 Å². The van der Waals surface area contributed by atoms with E-state index in [1.807, 2.05) is 0 Å². The Bertz CT molecular complexity index is 3210. The summed E-state index contributed by atoms with van der Waals surface area (Å²) in [4.78, 5) is 2.72. The van der Waals surface area contributed by atoms with Gasteiger partial charge in [0, 0.05) is 45.0 Å². The molecule has 4 heterocycles. The van der Waals surface area contributed by atoms with E-state index in [9.17, 15) is 0 Å². The van der Waals surface area contributed by atoms with Crippen molar-refractivity contribution in [1.29, 1.82) is 0 Å². The predicted octanol–water partition coefficient (Wildman–Crippen LogP) is 12.3. The molecule has 3 aliphatic rings. The van der Waals surface area contributed by atoms with Crippen LogP contribution in [0.4, 0.5) is 11.4 Å². The first-order valence-corrected chi connectivity index (χ1v) is 21.9. The molecular weight excluding hydrogens is 729 g/mol. The first-order chi connectivity index (χ1) is 29.0. The maximum absolute atomic E-state index is 7.25. The summed E-state index contributed by atoms with van der Waals surface area (Å²) in [6, 6.07) is 53.0. The molecule has 0 N–H and O–H groups in total. The van der Waals surface area contributed by atoms with E-state index in [0.717, 1.165) is 22.9 Å². The Balaban J connectivity index is 1.19. The normalized spacial score (nSPS) is 17.2. The van der Waals surface area contributed by atoms with Crippen LogP contribution in [0.25, 0.3) is 55.0 Å². The number of aromatic nitrogens is 2. The van der Waals surface area contributed by atoms with Crippen LogP contribution >= 0.6 is 0 Å². The van der Waals surface area contributed by atoms with Crippen molar-refractivity contribution < 1.29 is 4.74 Å². The Kier molecular flexibility index (Phi) is 7.40. The highest BCUT2D eigenvalue weighted by atomic mass is 16.5. The van der Waals surface area contributed by atoms with E-state index in [-0.39, 0.29) is 17.5 Å². The molecule has 0 amide bonds. The fourth-order valence-corrected chi connectivity index (χ4v) is 10.9. The maximum Gasteiger partial charge on any atom is 0.256 e. The van der Waals surface area contributed by atoms with Gasteiger partial charge in [-0.1, -0.05) is 139 Å². The lowest BCUT2D eigenvalue weighted by Gasteiger charge is -2.49. The number of ether oxygens (including phenoxy) is 1. The third-order valence-electron chi connectivity index (χ3n) is 14.2. The second-order valence-corrected chi connectivity index (χ2v) is 19.8. The van der Waals surface area contributed by atoms with Gasteiger partial charge in [0.2, 0.25) is 0 Å². The molecule has 5 heteroatoms. The number of nitrogens with zero attached hydrogens (tertiary/aromatic N) is 3. The average molecular weight is 780 g/mol. The maximum atomic E-state index is 7.25. The second-order valence-electron chi connectivity index (χ2n) is 19.8. The number of fused-ring (bicyclic) bond motifs is 10. The van der Waals surface area contributed by atoms with Crippen molar-refractivity contribution in [2.45, 2.75) is 78.2 Å². The molecule has 0 saturated heterocycles. The molecule has 0 bridgehead atoms. The number of rotatable bonds is 3. The number of benzene rings is 7. The topological polar surface area (TPSA) is 22.3 Å². The molecule has 1 fully saturated rings. The molecule has 7 aromatic carbocycles. The molecule has 2 aromatic heterocycles. The monoisotopic (exact) mass is 779 g/mol. The number of para-hydroxylation sites is 4. The minimum Gasteiger partial charge on any atom is -0.458 e. The molecule has 2 atom stereocenters. The largest absolute Gasteiger partial charge is 0.458 e. The van der Waals surface area contributed by atoms with Crippen molar-refractivity contribution in [3.8, 4) is 22.9 Å². The van der Waals surface area contributed by atoms with Crippen molar-refractivity contribution in [3.05, 3.63) is 151 Å². The molecule has 12 rings (SSSR count). The van der Waals surface area contributed by atoms with Crippen molar-refractivity contribution in [2.24, 2.45) is 5.92 Å². The molecule has 294 valence electrons. The molecule has 60 heavy (non-hydrogen) atoms. The van der Waals surface area contributed by atoms with Crippen LogP contribution in [0.1, 0.15) is 72.4 Å². The van der Waals surface area contributed by atoms with Gasteiger partial charge in [0.15, 0.2) is 0 Å². The van der Waals surface area contributed by atoms with Crippen molar-refractivity contribution in [3.63, 3.8) is 0 Å². The van der Waals surface area contributed by atoms with Crippen LogP contribution in [0, 0.1) is 5.92 Å². The average Bonchev–Trinajstić information content (AvgIpc) is 3.76. The van der Waals surface area contributed by atoms with Crippen molar-refractivity contribution in [1.82, 2.24) is 9.13 Å². The highest BCUT2D eigenvalue weighted by Gasteiger charge is 2.46. The van der Waals surface area contributed by atoms with E-state index < -0.39 is 0 Å². The molecule has 9 aromatic rings. The quantitative estimate of drug-likeness (QED) is 0.167. The Morgan fingerprint density at radius 1 is 0.517 bits per heavy atom. The third-order valence-corrected chi connectivity index (χ3v) is 14.2. The highest BCUT2D eigenvalue weighted by molar-refractivity contribution is 6.99. The van der Waals surface area contributed by atoms with Gasteiger partial charge in [-0.15, -0.1) is 0 Å². The summed E-state index contributed by atoms with van der Waals surface area (Å²) >= 11 is 0. The first kappa shape index (κ1) is 35.7. The minimum absolute atomic E-state index is 0.00472. The van der Waals surface area contributed by atoms with Gasteiger partial charge in [0.05, 0.1) is 33.4 Å². The third kappa shape index (κ3) is 4.98. The van der Waals surface area contributed by atoms with Crippen LogP contribution in [0.5, 0.6) is 11.5 Å². The van der Waals surface area contributed by atoms with Crippen LogP contribution in [0.2, 0.25) is 0 Å². The molecule has 1 aliphatic carbocycles.